The molecule has 0 aliphatic carbocycles. The van der Waals surface area contributed by atoms with Crippen molar-refractivity contribution in [2.45, 2.75) is 38.1 Å². The topological polar surface area (TPSA) is 98.6 Å². The fourth-order valence-corrected chi connectivity index (χ4v) is 4.94. The summed E-state index contributed by atoms with van der Waals surface area (Å²) in [7, 11) is 0. The quantitative estimate of drug-likeness (QED) is 0.455. The summed E-state index contributed by atoms with van der Waals surface area (Å²) in [6.45, 7) is 2.23. The first-order valence-electron chi connectivity index (χ1n) is 10.8. The number of pyridine rings is 1. The van der Waals surface area contributed by atoms with E-state index in [1.54, 1.807) is 21.7 Å². The molecule has 2 bridgehead atoms. The van der Waals surface area contributed by atoms with Crippen molar-refractivity contribution in [3.63, 3.8) is 0 Å². The molecule has 8 nitrogen and oxygen atoms in total. The minimum absolute atomic E-state index is 0.176. The van der Waals surface area contributed by atoms with Crippen LogP contribution in [-0.4, -0.2) is 42.8 Å². The van der Waals surface area contributed by atoms with E-state index in [1.165, 1.54) is 12.3 Å². The first-order valence-corrected chi connectivity index (χ1v) is 10.8. The summed E-state index contributed by atoms with van der Waals surface area (Å²) >= 11 is 0. The molecule has 0 unspecified atom stereocenters. The highest BCUT2D eigenvalue weighted by Crippen LogP contribution is 2.45. The molecule has 0 saturated carbocycles. The Bertz CT molecular complexity index is 1480. The third kappa shape index (κ3) is 3.06. The van der Waals surface area contributed by atoms with Gasteiger partial charge < -0.3 is 15.4 Å². The van der Waals surface area contributed by atoms with Crippen LogP contribution < -0.4 is 10.5 Å². The number of rotatable bonds is 1. The third-order valence-electron chi connectivity index (χ3n) is 6.58. The second kappa shape index (κ2) is 7.05. The van der Waals surface area contributed by atoms with Gasteiger partial charge >= 0.3 is 6.18 Å². The molecule has 3 aromatic heterocycles. The molecule has 6 rings (SSSR count). The van der Waals surface area contributed by atoms with E-state index in [1.807, 2.05) is 6.92 Å². The van der Waals surface area contributed by atoms with Gasteiger partial charge in [-0.2, -0.15) is 13.2 Å². The van der Waals surface area contributed by atoms with Gasteiger partial charge in [0.15, 0.2) is 5.82 Å². The third-order valence-corrected chi connectivity index (χ3v) is 6.58. The molecule has 4 aromatic rings. The van der Waals surface area contributed by atoms with E-state index in [2.05, 4.69) is 15.0 Å². The standard InChI is InChI=1S/C23H19F3N6O2/c1-11-20-21(27)30-16-9-28-15(8-18(16)32(20)10-29-11)22(33)31-5-4-13-7-17(31)14-3-2-12(23(24,25)26)6-19(14)34-13/h2-3,6,8-10,13,17H,4-5,7H2,1H3,(H2,27,30)/t13-,17-/m0/s1. The van der Waals surface area contributed by atoms with E-state index in [-0.39, 0.29) is 23.5 Å². The molecular formula is C23H19F3N6O2. The highest BCUT2D eigenvalue weighted by Gasteiger charge is 2.41. The van der Waals surface area contributed by atoms with Gasteiger partial charge in [0, 0.05) is 24.9 Å². The molecule has 1 amide bonds. The highest BCUT2D eigenvalue weighted by atomic mass is 19.4. The Morgan fingerprint density at radius 2 is 2.06 bits per heavy atom. The molecule has 174 valence electrons. The average molecular weight is 468 g/mol. The van der Waals surface area contributed by atoms with E-state index in [4.69, 9.17) is 10.5 Å². The number of hydrogen-bond acceptors (Lipinski definition) is 6. The largest absolute Gasteiger partial charge is 0.490 e. The molecule has 11 heteroatoms. The van der Waals surface area contributed by atoms with Crippen LogP contribution in [0.1, 0.15) is 46.2 Å². The van der Waals surface area contributed by atoms with E-state index in [0.29, 0.717) is 47.3 Å². The van der Waals surface area contributed by atoms with Crippen LogP contribution >= 0.6 is 0 Å². The molecule has 2 aliphatic heterocycles. The predicted octanol–water partition coefficient (Wildman–Crippen LogP) is 3.93. The smallest absolute Gasteiger partial charge is 0.416 e. The monoisotopic (exact) mass is 468 g/mol. The van der Waals surface area contributed by atoms with Crippen molar-refractivity contribution in [2.24, 2.45) is 0 Å². The number of anilines is 1. The van der Waals surface area contributed by atoms with Crippen molar-refractivity contribution in [3.8, 4) is 5.75 Å². The number of likely N-dealkylation sites (tertiary alicyclic amines) is 1. The normalized spacial score (nSPS) is 19.8. The summed E-state index contributed by atoms with van der Waals surface area (Å²) in [4.78, 5) is 28.2. The maximum Gasteiger partial charge on any atom is 0.416 e. The lowest BCUT2D eigenvalue weighted by atomic mass is 9.89. The fraction of sp³-hybridized carbons (Fsp3) is 0.304. The molecule has 2 N–H and O–H groups in total. The first-order chi connectivity index (χ1) is 16.2. The average Bonchev–Trinajstić information content (AvgIpc) is 3.20. The van der Waals surface area contributed by atoms with E-state index < -0.39 is 17.8 Å². The number of hydrogen-bond donors (Lipinski definition) is 1. The number of aryl methyl sites for hydroxylation is 1. The lowest BCUT2D eigenvalue weighted by molar-refractivity contribution is -0.137. The molecule has 34 heavy (non-hydrogen) atoms. The first kappa shape index (κ1) is 20.7. The lowest BCUT2D eigenvalue weighted by Gasteiger charge is -2.44. The van der Waals surface area contributed by atoms with E-state index in [0.717, 1.165) is 17.8 Å². The minimum Gasteiger partial charge on any atom is -0.490 e. The number of nitrogen functional groups attached to an aromatic ring is 1. The molecule has 1 saturated heterocycles. The van der Waals surface area contributed by atoms with Crippen molar-refractivity contribution in [2.75, 3.05) is 12.3 Å². The summed E-state index contributed by atoms with van der Waals surface area (Å²) < 4.78 is 47.2. The van der Waals surface area contributed by atoms with Gasteiger partial charge in [0.2, 0.25) is 0 Å². The molecule has 1 fully saturated rings. The number of ether oxygens (including phenoxy) is 1. The van der Waals surface area contributed by atoms with Crippen LogP contribution in [0.5, 0.6) is 5.75 Å². The van der Waals surface area contributed by atoms with E-state index >= 15 is 0 Å². The second-order valence-corrected chi connectivity index (χ2v) is 8.63. The number of imidazole rings is 1. The van der Waals surface area contributed by atoms with Gasteiger partial charge in [0.25, 0.3) is 5.91 Å². The Morgan fingerprint density at radius 3 is 2.85 bits per heavy atom. The molecule has 2 aliphatic rings. The van der Waals surface area contributed by atoms with Crippen LogP contribution in [-0.2, 0) is 6.18 Å². The van der Waals surface area contributed by atoms with Crippen molar-refractivity contribution < 1.29 is 22.7 Å². The summed E-state index contributed by atoms with van der Waals surface area (Å²) in [5.74, 6) is 0.192. The zero-order valence-corrected chi connectivity index (χ0v) is 18.0. The van der Waals surface area contributed by atoms with Gasteiger partial charge in [-0.1, -0.05) is 6.07 Å². The number of amides is 1. The fourth-order valence-electron chi connectivity index (χ4n) is 4.94. The number of alkyl halides is 3. The number of benzene rings is 1. The van der Waals surface area contributed by atoms with Crippen LogP contribution in [0.4, 0.5) is 19.0 Å². The number of halogens is 3. The number of nitrogens with zero attached hydrogens (tertiary/aromatic N) is 5. The van der Waals surface area contributed by atoms with Gasteiger partial charge in [-0.05, 0) is 25.1 Å². The predicted molar refractivity (Wildman–Crippen MR) is 116 cm³/mol. The second-order valence-electron chi connectivity index (χ2n) is 8.63. The summed E-state index contributed by atoms with van der Waals surface area (Å²) in [5.41, 5.74) is 8.62. The SMILES string of the molecule is Cc1ncn2c1c(N)nc1cnc(C(=O)N3CC[C@H]4C[C@H]3c3ccc(C(F)(F)F)cc3O4)cc12. The Labute approximate surface area is 191 Å². The molecule has 0 spiro atoms. The molecular weight excluding hydrogens is 449 g/mol. The Morgan fingerprint density at radius 1 is 1.24 bits per heavy atom. The zero-order chi connectivity index (χ0) is 23.8. The number of carbonyl (C=O) groups is 1. The van der Waals surface area contributed by atoms with Gasteiger partial charge in [0.1, 0.15) is 34.9 Å². The Kier molecular flexibility index (Phi) is 4.29. The number of aromatic nitrogens is 4. The van der Waals surface area contributed by atoms with Gasteiger partial charge in [-0.15, -0.1) is 0 Å². The van der Waals surface area contributed by atoms with Gasteiger partial charge in [-0.3, -0.25) is 9.20 Å². The Hall–Kier alpha value is -3.89. The number of nitrogens with two attached hydrogens (primary N) is 1. The van der Waals surface area contributed by atoms with Gasteiger partial charge in [0.05, 0.1) is 29.0 Å². The summed E-state index contributed by atoms with van der Waals surface area (Å²) in [6, 6.07) is 4.71. The zero-order valence-electron chi connectivity index (χ0n) is 18.0. The maximum absolute atomic E-state index is 13.6. The summed E-state index contributed by atoms with van der Waals surface area (Å²) in [5, 5.41) is 0. The number of carbonyl (C=O) groups excluding carboxylic acids is 1. The van der Waals surface area contributed by atoms with Crippen LogP contribution in [0.15, 0.2) is 36.8 Å². The van der Waals surface area contributed by atoms with Crippen LogP contribution in [0, 0.1) is 6.92 Å². The van der Waals surface area contributed by atoms with Crippen molar-refractivity contribution in [1.82, 2.24) is 24.3 Å². The van der Waals surface area contributed by atoms with Crippen LogP contribution in [0.25, 0.3) is 16.6 Å². The number of fused-ring (bicyclic) bond motifs is 7. The van der Waals surface area contributed by atoms with Crippen molar-refractivity contribution in [3.05, 3.63) is 59.3 Å². The molecule has 1 aromatic carbocycles. The molecule has 0 radical (unpaired) electrons. The molecule has 2 atom stereocenters. The van der Waals surface area contributed by atoms with Gasteiger partial charge in [-0.25, -0.2) is 15.0 Å². The van der Waals surface area contributed by atoms with E-state index in [9.17, 15) is 18.0 Å². The maximum atomic E-state index is 13.6. The lowest BCUT2D eigenvalue weighted by Crippen LogP contribution is -2.46. The molecule has 5 heterocycles. The van der Waals surface area contributed by atoms with Crippen LogP contribution in [0.3, 0.4) is 0 Å². The summed E-state index contributed by atoms with van der Waals surface area (Å²) in [6.07, 6.45) is -0.555. The van der Waals surface area contributed by atoms with Crippen LogP contribution in [0.2, 0.25) is 0 Å². The Balaban J connectivity index is 1.40. The minimum atomic E-state index is -4.47. The highest BCUT2D eigenvalue weighted by molar-refractivity contribution is 5.96. The number of piperidine rings is 1. The van der Waals surface area contributed by atoms with Crippen molar-refractivity contribution in [1.29, 1.82) is 0 Å². The van der Waals surface area contributed by atoms with Crippen molar-refractivity contribution >= 4 is 28.3 Å².